The van der Waals surface area contributed by atoms with Gasteiger partial charge in [-0.2, -0.15) is 0 Å². The van der Waals surface area contributed by atoms with E-state index >= 15 is 0 Å². The van der Waals surface area contributed by atoms with Gasteiger partial charge in [-0.15, -0.1) is 0 Å². The van der Waals surface area contributed by atoms with Gasteiger partial charge in [0.25, 0.3) is 0 Å². The van der Waals surface area contributed by atoms with Crippen molar-refractivity contribution in [3.8, 4) is 0 Å². The molecule has 3 atom stereocenters. The van der Waals surface area contributed by atoms with Gasteiger partial charge in [-0.05, 0) is 104 Å². The number of Topliss-reactive ketones (excluding diaryl/α,β-unsaturated/α-hetero) is 1. The van der Waals surface area contributed by atoms with E-state index in [4.69, 9.17) is 17.7 Å². The lowest BCUT2D eigenvalue weighted by molar-refractivity contribution is -0.137. The molecule has 0 spiro atoms. The first-order valence-electron chi connectivity index (χ1n) is 12.7. The van der Waals surface area contributed by atoms with Crippen LogP contribution in [0.2, 0.25) is 78.6 Å². The second-order valence-electron chi connectivity index (χ2n) is 13.3. The zero-order valence-corrected chi connectivity index (χ0v) is 27.7. The van der Waals surface area contributed by atoms with E-state index in [1.807, 2.05) is 0 Å². The van der Waals surface area contributed by atoms with E-state index < -0.39 is 45.5 Å². The molecule has 10 heteroatoms. The highest BCUT2D eigenvalue weighted by Crippen LogP contribution is 2.26. The maximum absolute atomic E-state index is 13.8. The molecule has 1 fully saturated rings. The van der Waals surface area contributed by atoms with E-state index in [0.29, 0.717) is 13.2 Å². The van der Waals surface area contributed by atoms with E-state index in [1.165, 1.54) is 6.42 Å². The van der Waals surface area contributed by atoms with Gasteiger partial charge >= 0.3 is 0 Å². The normalized spacial score (nSPS) is 19.9. The highest BCUT2D eigenvalue weighted by atomic mass is 28.4. The molecule has 1 heterocycles. The Hall–Kier alpha value is 0.338. The van der Waals surface area contributed by atoms with Crippen molar-refractivity contribution >= 4 is 39.1 Å². The number of hydrogen-bond acceptors (Lipinski definition) is 6. The van der Waals surface area contributed by atoms with Crippen molar-refractivity contribution in [3.63, 3.8) is 0 Å². The number of carbonyl (C=O) groups is 1. The molecular formula is C23H53NO5Si4. The third-order valence-electron chi connectivity index (χ3n) is 4.97. The molecule has 33 heavy (non-hydrogen) atoms. The van der Waals surface area contributed by atoms with Crippen molar-refractivity contribution < 1.29 is 22.5 Å². The molecule has 0 aromatic rings. The van der Waals surface area contributed by atoms with Crippen LogP contribution in [0.1, 0.15) is 19.3 Å². The maximum Gasteiger partial charge on any atom is 0.184 e. The van der Waals surface area contributed by atoms with E-state index in [-0.39, 0.29) is 11.9 Å². The van der Waals surface area contributed by atoms with Gasteiger partial charge in [0.1, 0.15) is 12.2 Å². The molecule has 0 unspecified atom stereocenters. The minimum Gasteiger partial charge on any atom is -0.415 e. The Morgan fingerprint density at radius 3 is 1.61 bits per heavy atom. The smallest absolute Gasteiger partial charge is 0.184 e. The van der Waals surface area contributed by atoms with Crippen LogP contribution in [-0.2, 0) is 22.5 Å². The molecule has 0 amide bonds. The highest BCUT2D eigenvalue weighted by Gasteiger charge is 2.43. The van der Waals surface area contributed by atoms with Crippen molar-refractivity contribution in [3.05, 3.63) is 0 Å². The van der Waals surface area contributed by atoms with Gasteiger partial charge in [-0.1, -0.05) is 6.42 Å². The van der Waals surface area contributed by atoms with E-state index in [9.17, 15) is 4.79 Å². The standard InChI is InChI=1S/C23H53NO5Si4/c1-30(2,3)26-19-21(27-31(4,5)6)23(29-33(10,11)12)22(28-32(7,8)9)20(25)18-24-16-14-13-15-17-24/h21-23H,13-19H2,1-12H3/t21-,22-,23-/m1/s1. The van der Waals surface area contributed by atoms with Crippen LogP contribution in [0, 0.1) is 0 Å². The lowest BCUT2D eigenvalue weighted by atomic mass is 10.0. The lowest BCUT2D eigenvalue weighted by Crippen LogP contribution is -2.58. The minimum absolute atomic E-state index is 0.125. The third kappa shape index (κ3) is 14.5. The van der Waals surface area contributed by atoms with Crippen LogP contribution in [0.15, 0.2) is 0 Å². The highest BCUT2D eigenvalue weighted by molar-refractivity contribution is 6.71. The summed E-state index contributed by atoms with van der Waals surface area (Å²) in [5.74, 6) is 0.125. The molecule has 1 aliphatic heterocycles. The van der Waals surface area contributed by atoms with Crippen LogP contribution >= 0.6 is 0 Å². The Kier molecular flexibility index (Phi) is 11.9. The summed E-state index contributed by atoms with van der Waals surface area (Å²) in [4.78, 5) is 16.1. The van der Waals surface area contributed by atoms with Crippen LogP contribution in [0.5, 0.6) is 0 Å². The molecule has 1 saturated heterocycles. The topological polar surface area (TPSA) is 57.2 Å². The fourth-order valence-corrected chi connectivity index (χ4v) is 7.74. The number of nitrogens with zero attached hydrogens (tertiary/aromatic N) is 1. The van der Waals surface area contributed by atoms with Gasteiger partial charge in [-0.3, -0.25) is 9.69 Å². The number of ketones is 1. The third-order valence-corrected chi connectivity index (χ3v) is 8.95. The quantitative estimate of drug-likeness (QED) is 0.272. The fourth-order valence-electron chi connectivity index (χ4n) is 3.85. The fraction of sp³-hybridized carbons (Fsp3) is 0.957. The molecule has 0 saturated carbocycles. The monoisotopic (exact) mass is 535 g/mol. The molecule has 1 aliphatic rings. The SMILES string of the molecule is C[Si](C)(C)OC[C@@H](O[Si](C)(C)C)[C@@H](O[Si](C)(C)C)[C@H](O[Si](C)(C)C)C(=O)CN1CCCCC1. The van der Waals surface area contributed by atoms with Gasteiger partial charge in [0.05, 0.1) is 19.3 Å². The molecule has 0 aromatic heterocycles. The Balaban J connectivity index is 3.35. The predicted molar refractivity (Wildman–Crippen MR) is 149 cm³/mol. The lowest BCUT2D eigenvalue weighted by Gasteiger charge is -2.42. The van der Waals surface area contributed by atoms with Crippen LogP contribution in [0.4, 0.5) is 0 Å². The first-order chi connectivity index (χ1) is 14.8. The number of likely N-dealkylation sites (tertiary alicyclic amines) is 1. The van der Waals surface area contributed by atoms with Gasteiger partial charge < -0.3 is 17.7 Å². The molecule has 1 rings (SSSR count). The molecule has 0 radical (unpaired) electrons. The van der Waals surface area contributed by atoms with E-state index in [2.05, 4.69) is 83.5 Å². The summed E-state index contributed by atoms with van der Waals surface area (Å²) in [5, 5.41) is 0. The first kappa shape index (κ1) is 31.4. The number of carbonyl (C=O) groups excluding carboxylic acids is 1. The summed E-state index contributed by atoms with van der Waals surface area (Å²) in [5.41, 5.74) is 0. The summed E-state index contributed by atoms with van der Waals surface area (Å²) in [6.07, 6.45) is 2.17. The van der Waals surface area contributed by atoms with Crippen LogP contribution in [0.25, 0.3) is 0 Å². The predicted octanol–water partition coefficient (Wildman–Crippen LogP) is 5.55. The van der Waals surface area contributed by atoms with Crippen LogP contribution < -0.4 is 0 Å². The second kappa shape index (κ2) is 12.5. The molecule has 6 nitrogen and oxygen atoms in total. The van der Waals surface area contributed by atoms with Gasteiger partial charge in [0.15, 0.2) is 39.1 Å². The number of piperidine rings is 1. The average Bonchev–Trinajstić information content (AvgIpc) is 2.59. The van der Waals surface area contributed by atoms with Crippen LogP contribution in [-0.4, -0.2) is 88.5 Å². The summed E-state index contributed by atoms with van der Waals surface area (Å²) in [7, 11) is -7.75. The molecule has 0 aliphatic carbocycles. The minimum atomic E-state index is -2.03. The van der Waals surface area contributed by atoms with Crippen molar-refractivity contribution in [2.45, 2.75) is 116 Å². The van der Waals surface area contributed by atoms with Gasteiger partial charge in [0, 0.05) is 0 Å². The zero-order chi connectivity index (χ0) is 25.7. The molecule has 0 aromatic carbocycles. The first-order valence-corrected chi connectivity index (χ1v) is 26.3. The maximum atomic E-state index is 13.8. The summed E-state index contributed by atoms with van der Waals surface area (Å²) in [6, 6.07) is 0. The Bertz CT molecular complexity index is 602. The van der Waals surface area contributed by atoms with Crippen molar-refractivity contribution in [2.75, 3.05) is 26.2 Å². The van der Waals surface area contributed by atoms with Crippen molar-refractivity contribution in [1.82, 2.24) is 4.90 Å². The summed E-state index contributed by atoms with van der Waals surface area (Å²) >= 11 is 0. The van der Waals surface area contributed by atoms with Gasteiger partial charge in [0.2, 0.25) is 0 Å². The Morgan fingerprint density at radius 2 is 1.18 bits per heavy atom. The Morgan fingerprint density at radius 1 is 0.697 bits per heavy atom. The summed E-state index contributed by atoms with van der Waals surface area (Å²) < 4.78 is 26.4. The largest absolute Gasteiger partial charge is 0.415 e. The summed E-state index contributed by atoms with van der Waals surface area (Å²) in [6.45, 7) is 28.9. The number of rotatable bonds is 14. The molecular weight excluding hydrogens is 483 g/mol. The van der Waals surface area contributed by atoms with Crippen LogP contribution in [0.3, 0.4) is 0 Å². The zero-order valence-electron chi connectivity index (χ0n) is 23.7. The number of hydrogen-bond donors (Lipinski definition) is 0. The van der Waals surface area contributed by atoms with E-state index in [1.54, 1.807) is 0 Å². The van der Waals surface area contributed by atoms with Crippen molar-refractivity contribution in [2.24, 2.45) is 0 Å². The molecule has 196 valence electrons. The Labute approximate surface area is 208 Å². The second-order valence-corrected chi connectivity index (χ2v) is 31.2. The molecule has 0 bridgehead atoms. The van der Waals surface area contributed by atoms with E-state index in [0.717, 1.165) is 25.9 Å². The van der Waals surface area contributed by atoms with Gasteiger partial charge in [-0.25, -0.2) is 0 Å². The molecule has 0 N–H and O–H groups in total. The average molecular weight is 536 g/mol. The van der Waals surface area contributed by atoms with Crippen molar-refractivity contribution in [1.29, 1.82) is 0 Å².